The Hall–Kier alpha value is -3.11. The number of piperidine rings is 1. The molecule has 3 rings (SSSR count). The van der Waals surface area contributed by atoms with Crippen molar-refractivity contribution < 1.29 is 27.5 Å². The Morgan fingerprint density at radius 3 is 1.97 bits per heavy atom. The molecule has 196 valence electrons. The molecule has 0 radical (unpaired) electrons. The van der Waals surface area contributed by atoms with Crippen LogP contribution >= 0.6 is 0 Å². The summed E-state index contributed by atoms with van der Waals surface area (Å²) < 4.78 is 37.9. The van der Waals surface area contributed by atoms with Crippen molar-refractivity contribution in [3.63, 3.8) is 0 Å². The zero-order chi connectivity index (χ0) is 26.3. The number of carbonyl (C=O) groups excluding carboxylic acids is 2. The van der Waals surface area contributed by atoms with E-state index in [1.165, 1.54) is 23.5 Å². The van der Waals surface area contributed by atoms with Gasteiger partial charge in [0.25, 0.3) is 5.91 Å². The quantitative estimate of drug-likeness (QED) is 0.501. The third kappa shape index (κ3) is 6.55. The van der Waals surface area contributed by atoms with Crippen molar-refractivity contribution in [2.45, 2.75) is 50.1 Å². The van der Waals surface area contributed by atoms with E-state index in [-0.39, 0.29) is 41.8 Å². The van der Waals surface area contributed by atoms with Crippen LogP contribution in [0.5, 0.6) is 11.5 Å². The minimum absolute atomic E-state index is 0.0478. The van der Waals surface area contributed by atoms with Crippen molar-refractivity contribution in [1.82, 2.24) is 14.9 Å². The number of amides is 2. The maximum atomic E-state index is 13.1. The van der Waals surface area contributed by atoms with Crippen LogP contribution in [0, 0.1) is 5.92 Å². The molecule has 10 heteroatoms. The third-order valence-electron chi connectivity index (χ3n) is 6.59. The van der Waals surface area contributed by atoms with E-state index in [9.17, 15) is 18.0 Å². The van der Waals surface area contributed by atoms with Crippen molar-refractivity contribution >= 4 is 21.8 Å². The Labute approximate surface area is 213 Å². The number of methoxy groups -OCH3 is 2. The molecular weight excluding hydrogens is 482 g/mol. The lowest BCUT2D eigenvalue weighted by molar-refractivity contribution is -0.125. The molecule has 9 nitrogen and oxygen atoms in total. The number of benzene rings is 2. The first-order valence-corrected chi connectivity index (χ1v) is 13.5. The highest BCUT2D eigenvalue weighted by Crippen LogP contribution is 2.27. The summed E-state index contributed by atoms with van der Waals surface area (Å²) in [6, 6.07) is 12.1. The standard InChI is InChI=1S/C26H35N3O6S/c1-5-18(2)27-26(31)24(28-25(30)20-6-8-21(34-3)9-7-20)19-14-16-29(17-15-19)36(32,33)23-12-10-22(35-4)11-13-23/h6-13,18-19,24H,5,14-17H2,1-4H3,(H,27,31)(H,28,30)/t18-,24+/m1/s1. The van der Waals surface area contributed by atoms with Crippen LogP contribution in [0.25, 0.3) is 0 Å². The first kappa shape index (κ1) is 27.5. The molecule has 0 unspecified atom stereocenters. The lowest BCUT2D eigenvalue weighted by Gasteiger charge is -2.35. The minimum atomic E-state index is -3.67. The smallest absolute Gasteiger partial charge is 0.251 e. The summed E-state index contributed by atoms with van der Waals surface area (Å²) in [5.41, 5.74) is 0.414. The van der Waals surface area contributed by atoms with Gasteiger partial charge in [-0.15, -0.1) is 0 Å². The molecule has 1 saturated heterocycles. The Kier molecular flexibility index (Phi) is 9.33. The average Bonchev–Trinajstić information content (AvgIpc) is 2.91. The third-order valence-corrected chi connectivity index (χ3v) is 8.50. The van der Waals surface area contributed by atoms with Gasteiger partial charge in [0.15, 0.2) is 0 Å². The van der Waals surface area contributed by atoms with Gasteiger partial charge in [-0.05, 0) is 80.6 Å². The van der Waals surface area contributed by atoms with Gasteiger partial charge in [0.2, 0.25) is 15.9 Å². The second kappa shape index (κ2) is 12.2. The Morgan fingerprint density at radius 1 is 0.944 bits per heavy atom. The number of nitrogens with one attached hydrogen (secondary N) is 2. The van der Waals surface area contributed by atoms with Gasteiger partial charge < -0.3 is 20.1 Å². The van der Waals surface area contributed by atoms with Gasteiger partial charge in [0.1, 0.15) is 17.5 Å². The summed E-state index contributed by atoms with van der Waals surface area (Å²) in [7, 11) is -0.603. The molecule has 0 aliphatic carbocycles. The fraction of sp³-hybridized carbons (Fsp3) is 0.462. The SMILES string of the molecule is CC[C@@H](C)NC(=O)[C@@H](NC(=O)c1ccc(OC)cc1)C1CCN(S(=O)(=O)c2ccc(OC)cc2)CC1. The van der Waals surface area contributed by atoms with Gasteiger partial charge in [0, 0.05) is 24.7 Å². The van der Waals surface area contributed by atoms with Gasteiger partial charge in [0.05, 0.1) is 19.1 Å². The molecule has 2 amide bonds. The topological polar surface area (TPSA) is 114 Å². The van der Waals surface area contributed by atoms with Crippen LogP contribution in [0.1, 0.15) is 43.5 Å². The summed E-state index contributed by atoms with van der Waals surface area (Å²) in [5.74, 6) is 0.370. The molecule has 1 aliphatic heterocycles. The summed E-state index contributed by atoms with van der Waals surface area (Å²) in [5, 5.41) is 5.86. The molecule has 2 aromatic carbocycles. The average molecular weight is 518 g/mol. The van der Waals surface area contributed by atoms with Gasteiger partial charge in [-0.2, -0.15) is 4.31 Å². The predicted molar refractivity (Wildman–Crippen MR) is 137 cm³/mol. The van der Waals surface area contributed by atoms with E-state index >= 15 is 0 Å². The molecule has 2 aromatic rings. The number of carbonyl (C=O) groups is 2. The second-order valence-corrected chi connectivity index (χ2v) is 10.9. The number of rotatable bonds is 10. The van der Waals surface area contributed by atoms with Crippen molar-refractivity contribution in [2.24, 2.45) is 5.92 Å². The minimum Gasteiger partial charge on any atom is -0.497 e. The van der Waals surface area contributed by atoms with E-state index in [2.05, 4.69) is 10.6 Å². The number of sulfonamides is 1. The summed E-state index contributed by atoms with van der Waals surface area (Å²) in [6.07, 6.45) is 1.64. The van der Waals surface area contributed by atoms with Gasteiger partial charge in [-0.3, -0.25) is 9.59 Å². The van der Waals surface area contributed by atoms with Crippen molar-refractivity contribution in [2.75, 3.05) is 27.3 Å². The van der Waals surface area contributed by atoms with E-state index in [4.69, 9.17) is 9.47 Å². The predicted octanol–water partition coefficient (Wildman–Crippen LogP) is 2.82. The van der Waals surface area contributed by atoms with E-state index in [0.29, 0.717) is 29.9 Å². The lowest BCUT2D eigenvalue weighted by Crippen LogP contribution is -2.55. The van der Waals surface area contributed by atoms with Gasteiger partial charge in [-0.1, -0.05) is 6.92 Å². The van der Waals surface area contributed by atoms with Crippen molar-refractivity contribution in [3.05, 3.63) is 54.1 Å². The Balaban J connectivity index is 1.73. The number of ether oxygens (including phenoxy) is 2. The normalized spacial score (nSPS) is 16.6. The fourth-order valence-corrected chi connectivity index (χ4v) is 5.62. The zero-order valence-corrected chi connectivity index (χ0v) is 22.0. The lowest BCUT2D eigenvalue weighted by atomic mass is 9.89. The van der Waals surface area contributed by atoms with Crippen LogP contribution in [0.4, 0.5) is 0 Å². The molecule has 1 fully saturated rings. The highest BCUT2D eigenvalue weighted by molar-refractivity contribution is 7.89. The molecule has 0 saturated carbocycles. The number of hydrogen-bond donors (Lipinski definition) is 2. The maximum absolute atomic E-state index is 13.1. The molecular formula is C26H35N3O6S. The highest BCUT2D eigenvalue weighted by atomic mass is 32.2. The van der Waals surface area contributed by atoms with Crippen LogP contribution < -0.4 is 20.1 Å². The highest BCUT2D eigenvalue weighted by Gasteiger charge is 2.36. The summed E-state index contributed by atoms with van der Waals surface area (Å²) >= 11 is 0. The molecule has 1 aliphatic rings. The second-order valence-electron chi connectivity index (χ2n) is 8.91. The molecule has 0 aromatic heterocycles. The molecule has 36 heavy (non-hydrogen) atoms. The van der Waals surface area contributed by atoms with E-state index in [1.54, 1.807) is 43.5 Å². The van der Waals surface area contributed by atoms with E-state index in [1.807, 2.05) is 13.8 Å². The van der Waals surface area contributed by atoms with Crippen LogP contribution in [0.3, 0.4) is 0 Å². The molecule has 2 atom stereocenters. The van der Waals surface area contributed by atoms with Gasteiger partial charge >= 0.3 is 0 Å². The van der Waals surface area contributed by atoms with Crippen LogP contribution in [-0.4, -0.2) is 63.9 Å². The fourth-order valence-electron chi connectivity index (χ4n) is 4.15. The Bertz CT molecular complexity index is 1130. The van der Waals surface area contributed by atoms with E-state index in [0.717, 1.165) is 6.42 Å². The van der Waals surface area contributed by atoms with Gasteiger partial charge in [-0.25, -0.2) is 8.42 Å². The Morgan fingerprint density at radius 2 is 1.47 bits per heavy atom. The number of nitrogens with zero attached hydrogens (tertiary/aromatic N) is 1. The molecule has 0 bridgehead atoms. The molecule has 0 spiro atoms. The summed E-state index contributed by atoms with van der Waals surface area (Å²) in [4.78, 5) is 26.3. The van der Waals surface area contributed by atoms with Crippen molar-refractivity contribution in [3.8, 4) is 11.5 Å². The first-order valence-electron chi connectivity index (χ1n) is 12.1. The van der Waals surface area contributed by atoms with E-state index < -0.39 is 16.1 Å². The molecule has 2 N–H and O–H groups in total. The van der Waals surface area contributed by atoms with Crippen LogP contribution in [0.2, 0.25) is 0 Å². The monoisotopic (exact) mass is 517 g/mol. The molecule has 1 heterocycles. The van der Waals surface area contributed by atoms with Crippen LogP contribution in [-0.2, 0) is 14.8 Å². The maximum Gasteiger partial charge on any atom is 0.251 e. The first-order chi connectivity index (χ1) is 17.2. The largest absolute Gasteiger partial charge is 0.497 e. The van der Waals surface area contributed by atoms with Crippen molar-refractivity contribution in [1.29, 1.82) is 0 Å². The number of hydrogen-bond acceptors (Lipinski definition) is 6. The summed E-state index contributed by atoms with van der Waals surface area (Å²) in [6.45, 7) is 4.39. The van der Waals surface area contributed by atoms with Crippen LogP contribution in [0.15, 0.2) is 53.4 Å². The zero-order valence-electron chi connectivity index (χ0n) is 21.2.